The first-order valence-electron chi connectivity index (χ1n) is 9.90. The van der Waals surface area contributed by atoms with Crippen LogP contribution in [0.2, 0.25) is 0 Å². The van der Waals surface area contributed by atoms with Crippen molar-refractivity contribution >= 4 is 24.2 Å². The Kier molecular flexibility index (Phi) is 10.5. The van der Waals surface area contributed by atoms with Crippen molar-refractivity contribution in [1.29, 1.82) is 0 Å². The summed E-state index contributed by atoms with van der Waals surface area (Å²) in [5, 5.41) is 22.3. The summed E-state index contributed by atoms with van der Waals surface area (Å²) in [5.41, 5.74) is 0.723. The van der Waals surface area contributed by atoms with E-state index in [1.54, 1.807) is 30.3 Å². The number of aliphatic carboxylic acids is 1. The zero-order valence-corrected chi connectivity index (χ0v) is 17.7. The zero-order valence-electron chi connectivity index (χ0n) is 17.7. The fraction of sp³-hybridized carbons (Fsp3) is 0.524. The van der Waals surface area contributed by atoms with Crippen LogP contribution in [0.5, 0.6) is 0 Å². The van der Waals surface area contributed by atoms with Gasteiger partial charge in [0.2, 0.25) is 18.2 Å². The van der Waals surface area contributed by atoms with Gasteiger partial charge in [-0.1, -0.05) is 50.1 Å². The van der Waals surface area contributed by atoms with Crippen molar-refractivity contribution in [2.45, 2.75) is 38.6 Å². The quantitative estimate of drug-likeness (QED) is 0.249. The van der Waals surface area contributed by atoms with Crippen molar-refractivity contribution in [3.63, 3.8) is 0 Å². The lowest BCUT2D eigenvalue weighted by molar-refractivity contribution is -0.155. The van der Waals surface area contributed by atoms with Crippen LogP contribution in [0.15, 0.2) is 30.3 Å². The molecule has 9 heteroatoms. The number of carboxylic acid groups (broad SMARTS) is 1. The molecule has 0 aliphatic carbocycles. The fourth-order valence-electron chi connectivity index (χ4n) is 3.12. The minimum absolute atomic E-state index is 0.0563. The number of carbonyl (C=O) groups excluding carboxylic acids is 3. The highest BCUT2D eigenvalue weighted by Crippen LogP contribution is 2.17. The summed E-state index contributed by atoms with van der Waals surface area (Å²) in [6.07, 6.45) is 2.10. The summed E-state index contributed by atoms with van der Waals surface area (Å²) < 4.78 is 0. The second-order valence-electron chi connectivity index (χ2n) is 7.42. The van der Waals surface area contributed by atoms with E-state index < -0.39 is 35.7 Å². The van der Waals surface area contributed by atoms with Gasteiger partial charge >= 0.3 is 5.97 Å². The number of hydrogen-bond donors (Lipinski definition) is 3. The fourth-order valence-corrected chi connectivity index (χ4v) is 3.12. The summed E-state index contributed by atoms with van der Waals surface area (Å²) in [5.74, 6) is -4.29. The topological polar surface area (TPSA) is 127 Å². The normalized spacial score (nSPS) is 13.6. The van der Waals surface area contributed by atoms with E-state index in [2.05, 4.69) is 5.32 Å². The molecule has 1 rings (SSSR count). The van der Waals surface area contributed by atoms with Gasteiger partial charge in [0.15, 0.2) is 0 Å². The summed E-state index contributed by atoms with van der Waals surface area (Å²) in [6.45, 7) is 1.69. The van der Waals surface area contributed by atoms with Crippen LogP contribution < -0.4 is 5.32 Å². The third-order valence-electron chi connectivity index (χ3n) is 4.83. The number of amides is 3. The highest BCUT2D eigenvalue weighted by Gasteiger charge is 2.37. The summed E-state index contributed by atoms with van der Waals surface area (Å²) in [7, 11) is 2.97. The van der Waals surface area contributed by atoms with Gasteiger partial charge in [-0.15, -0.1) is 0 Å². The Morgan fingerprint density at radius 3 is 2.30 bits per heavy atom. The zero-order chi connectivity index (χ0) is 22.7. The van der Waals surface area contributed by atoms with Gasteiger partial charge in [-0.25, -0.2) is 5.06 Å². The number of unbranched alkanes of at least 4 members (excludes halogenated alkanes) is 1. The van der Waals surface area contributed by atoms with E-state index in [1.807, 2.05) is 6.92 Å². The Hall–Kier alpha value is -2.94. The highest BCUT2D eigenvalue weighted by molar-refractivity contribution is 5.92. The number of carboxylic acids is 1. The third kappa shape index (κ3) is 7.82. The van der Waals surface area contributed by atoms with Crippen molar-refractivity contribution in [1.82, 2.24) is 15.3 Å². The molecule has 1 aromatic carbocycles. The Bertz CT molecular complexity index is 710. The molecule has 0 bridgehead atoms. The first kappa shape index (κ1) is 25.1. The molecule has 0 aliphatic rings. The molecule has 0 spiro atoms. The van der Waals surface area contributed by atoms with Crippen molar-refractivity contribution < 1.29 is 29.5 Å². The first-order chi connectivity index (χ1) is 14.2. The van der Waals surface area contributed by atoms with Crippen LogP contribution >= 0.6 is 0 Å². The van der Waals surface area contributed by atoms with Gasteiger partial charge < -0.3 is 15.3 Å². The van der Waals surface area contributed by atoms with Crippen LogP contribution in [0.1, 0.15) is 31.7 Å². The maximum Gasteiger partial charge on any atom is 0.309 e. The second-order valence-corrected chi connectivity index (χ2v) is 7.42. The van der Waals surface area contributed by atoms with Crippen LogP contribution in [0.25, 0.3) is 0 Å². The van der Waals surface area contributed by atoms with Gasteiger partial charge in [0.25, 0.3) is 0 Å². The van der Waals surface area contributed by atoms with E-state index in [-0.39, 0.29) is 19.4 Å². The Labute approximate surface area is 176 Å². The number of hydrogen-bond acceptors (Lipinski definition) is 5. The predicted molar refractivity (Wildman–Crippen MR) is 109 cm³/mol. The van der Waals surface area contributed by atoms with Gasteiger partial charge in [0.1, 0.15) is 6.04 Å². The van der Waals surface area contributed by atoms with Crippen molar-refractivity contribution in [3.8, 4) is 0 Å². The lowest BCUT2D eigenvalue weighted by atomic mass is 9.90. The Balaban J connectivity index is 3.14. The van der Waals surface area contributed by atoms with Gasteiger partial charge in [-0.3, -0.25) is 24.4 Å². The van der Waals surface area contributed by atoms with E-state index in [1.165, 1.54) is 19.0 Å². The smallest absolute Gasteiger partial charge is 0.309 e. The molecule has 1 aromatic rings. The Morgan fingerprint density at radius 1 is 1.17 bits per heavy atom. The van der Waals surface area contributed by atoms with Gasteiger partial charge in [0.05, 0.1) is 18.4 Å². The molecule has 0 saturated carbocycles. The average molecular weight is 421 g/mol. The van der Waals surface area contributed by atoms with E-state index in [0.29, 0.717) is 17.9 Å². The minimum atomic E-state index is -1.29. The molecule has 3 amide bonds. The molecule has 30 heavy (non-hydrogen) atoms. The van der Waals surface area contributed by atoms with E-state index in [4.69, 9.17) is 0 Å². The molecule has 0 aliphatic heterocycles. The molecule has 0 saturated heterocycles. The molecule has 0 radical (unpaired) electrons. The molecule has 0 fully saturated rings. The van der Waals surface area contributed by atoms with E-state index >= 15 is 0 Å². The second kappa shape index (κ2) is 12.6. The van der Waals surface area contributed by atoms with Crippen molar-refractivity contribution in [2.24, 2.45) is 11.8 Å². The van der Waals surface area contributed by atoms with Crippen LogP contribution in [0.3, 0.4) is 0 Å². The number of likely N-dealkylation sites (N-methyl/N-ethyl adjacent to an activating group) is 1. The number of nitrogens with one attached hydrogen (secondary N) is 1. The van der Waals surface area contributed by atoms with Crippen LogP contribution in [-0.2, 0) is 25.6 Å². The summed E-state index contributed by atoms with van der Waals surface area (Å²) >= 11 is 0. The molecule has 0 heterocycles. The molecule has 166 valence electrons. The van der Waals surface area contributed by atoms with Gasteiger partial charge in [-0.2, -0.15) is 0 Å². The largest absolute Gasteiger partial charge is 0.481 e. The maximum absolute atomic E-state index is 12.9. The SMILES string of the molecule is CCCC[C@H](CN(O)C=O)C(=O)N[C@H](C(=O)N(C)C)C(Cc1ccccc1)C(=O)O. The summed E-state index contributed by atoms with van der Waals surface area (Å²) in [4.78, 5) is 49.6. The monoisotopic (exact) mass is 421 g/mol. The molecule has 1 unspecified atom stereocenters. The standard InChI is InChI=1S/C21H31N3O6/c1-4-5-11-16(13-24(30)14-25)19(26)22-18(20(27)23(2)3)17(21(28)29)12-15-9-7-6-8-10-15/h6-10,14,16-18,30H,4-5,11-13H2,1-3H3,(H,22,26)(H,28,29)/t16-,17?,18+/m1/s1. The van der Waals surface area contributed by atoms with Crippen LogP contribution in [-0.4, -0.2) is 71.2 Å². The minimum Gasteiger partial charge on any atom is -0.481 e. The average Bonchev–Trinajstić information content (AvgIpc) is 2.73. The number of benzene rings is 1. The number of rotatable bonds is 13. The number of carbonyl (C=O) groups is 4. The van der Waals surface area contributed by atoms with Crippen LogP contribution in [0, 0.1) is 11.8 Å². The lowest BCUT2D eigenvalue weighted by Gasteiger charge is -2.29. The van der Waals surface area contributed by atoms with Crippen molar-refractivity contribution in [3.05, 3.63) is 35.9 Å². The molecule has 9 nitrogen and oxygen atoms in total. The molecule has 3 N–H and O–H groups in total. The molecular weight excluding hydrogens is 390 g/mol. The summed E-state index contributed by atoms with van der Waals surface area (Å²) in [6, 6.07) is 7.56. The van der Waals surface area contributed by atoms with E-state index in [0.717, 1.165) is 12.0 Å². The number of nitrogens with zero attached hydrogens (tertiary/aromatic N) is 2. The lowest BCUT2D eigenvalue weighted by Crippen LogP contribution is -2.55. The maximum atomic E-state index is 12.9. The molecule has 0 aromatic heterocycles. The molecular formula is C21H31N3O6. The van der Waals surface area contributed by atoms with E-state index in [9.17, 15) is 29.5 Å². The van der Waals surface area contributed by atoms with Gasteiger partial charge in [-0.05, 0) is 18.4 Å². The van der Waals surface area contributed by atoms with Crippen LogP contribution in [0.4, 0.5) is 0 Å². The van der Waals surface area contributed by atoms with Crippen molar-refractivity contribution in [2.75, 3.05) is 20.6 Å². The van der Waals surface area contributed by atoms with Gasteiger partial charge in [0, 0.05) is 14.1 Å². The third-order valence-corrected chi connectivity index (χ3v) is 4.83. The first-order valence-corrected chi connectivity index (χ1v) is 9.90. The molecule has 3 atom stereocenters. The number of hydroxylamine groups is 2. The predicted octanol–water partition coefficient (Wildman–Crippen LogP) is 1.16. The highest BCUT2D eigenvalue weighted by atomic mass is 16.5. The Morgan fingerprint density at radius 2 is 1.80 bits per heavy atom.